The molecule has 0 radical (unpaired) electrons. The monoisotopic (exact) mass is 446 g/mol. The second-order valence-corrected chi connectivity index (χ2v) is 10.7. The predicted octanol–water partition coefficient (Wildman–Crippen LogP) is 3.38. The summed E-state index contributed by atoms with van der Waals surface area (Å²) in [5.41, 5.74) is 0.920. The highest BCUT2D eigenvalue weighted by Gasteiger charge is 2.50. The van der Waals surface area contributed by atoms with Gasteiger partial charge in [-0.3, -0.25) is 4.79 Å². The molecule has 1 saturated carbocycles. The number of amides is 1. The van der Waals surface area contributed by atoms with Crippen molar-refractivity contribution in [2.75, 3.05) is 19.6 Å². The van der Waals surface area contributed by atoms with Crippen LogP contribution < -0.4 is 0 Å². The molecule has 0 unspecified atom stereocenters. The van der Waals surface area contributed by atoms with Crippen molar-refractivity contribution < 1.29 is 22.0 Å². The number of hydrogen-bond acceptors (Lipinski definition) is 3. The van der Waals surface area contributed by atoms with E-state index in [0.29, 0.717) is 19.5 Å². The maximum absolute atomic E-state index is 13.5. The number of halogens is 2. The van der Waals surface area contributed by atoms with Crippen LogP contribution in [0.2, 0.25) is 0 Å². The summed E-state index contributed by atoms with van der Waals surface area (Å²) in [7, 11) is -3.77. The SMILES string of the molecule is O=C(C1CC1)N1C[C@H](c2ccc(F)cc2)[C@H]2CN(S(=O)(=O)c3ccc(F)cc3)CC[C@H]21. The molecule has 0 bridgehead atoms. The van der Waals surface area contributed by atoms with Crippen LogP contribution in [0.5, 0.6) is 0 Å². The van der Waals surface area contributed by atoms with Crippen molar-refractivity contribution in [3.8, 4) is 0 Å². The van der Waals surface area contributed by atoms with Gasteiger partial charge in [-0.1, -0.05) is 12.1 Å². The molecular formula is C23H24F2N2O3S. The summed E-state index contributed by atoms with van der Waals surface area (Å²) in [4.78, 5) is 14.9. The lowest BCUT2D eigenvalue weighted by atomic mass is 9.82. The second-order valence-electron chi connectivity index (χ2n) is 8.76. The van der Waals surface area contributed by atoms with E-state index in [0.717, 1.165) is 30.5 Å². The van der Waals surface area contributed by atoms with Crippen molar-refractivity contribution in [2.45, 2.75) is 36.1 Å². The Morgan fingerprint density at radius 2 is 1.48 bits per heavy atom. The molecule has 5 nitrogen and oxygen atoms in total. The first kappa shape index (κ1) is 20.6. The highest BCUT2D eigenvalue weighted by atomic mass is 32.2. The van der Waals surface area contributed by atoms with Crippen LogP contribution in [-0.4, -0.2) is 49.2 Å². The number of carbonyl (C=O) groups excluding carboxylic acids is 1. The first-order valence-corrected chi connectivity index (χ1v) is 12.1. The van der Waals surface area contributed by atoms with Gasteiger partial charge in [-0.25, -0.2) is 17.2 Å². The second kappa shape index (κ2) is 7.67. The minimum atomic E-state index is -3.77. The van der Waals surface area contributed by atoms with Crippen molar-refractivity contribution in [1.82, 2.24) is 9.21 Å². The minimum Gasteiger partial charge on any atom is -0.338 e. The van der Waals surface area contributed by atoms with Crippen LogP contribution in [0.25, 0.3) is 0 Å². The fourth-order valence-electron chi connectivity index (χ4n) is 5.06. The third-order valence-electron chi connectivity index (χ3n) is 6.85. The Labute approximate surface area is 180 Å². The lowest BCUT2D eigenvalue weighted by Crippen LogP contribution is -2.49. The fraction of sp³-hybridized carbons (Fsp3) is 0.435. The molecule has 2 aromatic carbocycles. The van der Waals surface area contributed by atoms with E-state index in [2.05, 4.69) is 0 Å². The fourth-order valence-corrected chi connectivity index (χ4v) is 6.55. The molecule has 2 aliphatic heterocycles. The molecule has 1 amide bonds. The van der Waals surface area contributed by atoms with Gasteiger partial charge in [0.15, 0.2) is 0 Å². The van der Waals surface area contributed by atoms with Gasteiger partial charge in [0, 0.05) is 43.4 Å². The van der Waals surface area contributed by atoms with Gasteiger partial charge in [0.05, 0.1) is 4.90 Å². The number of nitrogens with zero attached hydrogens (tertiary/aromatic N) is 2. The number of sulfonamides is 1. The van der Waals surface area contributed by atoms with E-state index in [4.69, 9.17) is 0 Å². The Bertz CT molecular complexity index is 1080. The van der Waals surface area contributed by atoms with Crippen LogP contribution in [0.4, 0.5) is 8.78 Å². The lowest BCUT2D eigenvalue weighted by Gasteiger charge is -2.38. The average Bonchev–Trinajstić information content (AvgIpc) is 3.55. The smallest absolute Gasteiger partial charge is 0.243 e. The van der Waals surface area contributed by atoms with Gasteiger partial charge in [-0.15, -0.1) is 0 Å². The molecule has 1 aliphatic carbocycles. The third-order valence-corrected chi connectivity index (χ3v) is 8.73. The van der Waals surface area contributed by atoms with Crippen molar-refractivity contribution >= 4 is 15.9 Å². The van der Waals surface area contributed by atoms with Crippen molar-refractivity contribution in [3.63, 3.8) is 0 Å². The number of fused-ring (bicyclic) bond motifs is 1. The number of hydrogen-bond donors (Lipinski definition) is 0. The molecule has 2 heterocycles. The number of carbonyl (C=O) groups is 1. The largest absolute Gasteiger partial charge is 0.338 e. The molecule has 8 heteroatoms. The Kier molecular flexibility index (Phi) is 5.09. The number of benzene rings is 2. The minimum absolute atomic E-state index is 0.0252. The van der Waals surface area contributed by atoms with Gasteiger partial charge in [0.25, 0.3) is 0 Å². The first-order valence-electron chi connectivity index (χ1n) is 10.7. The molecule has 0 spiro atoms. The quantitative estimate of drug-likeness (QED) is 0.724. The highest BCUT2D eigenvalue weighted by Crippen LogP contribution is 2.45. The Hall–Kier alpha value is -2.32. The van der Waals surface area contributed by atoms with Gasteiger partial charge in [-0.2, -0.15) is 4.31 Å². The maximum atomic E-state index is 13.5. The number of rotatable bonds is 4. The molecule has 5 rings (SSSR count). The molecule has 164 valence electrons. The zero-order valence-electron chi connectivity index (χ0n) is 17.0. The Morgan fingerprint density at radius 3 is 2.10 bits per heavy atom. The van der Waals surface area contributed by atoms with Crippen LogP contribution in [0.1, 0.15) is 30.7 Å². The van der Waals surface area contributed by atoms with Gasteiger partial charge in [0.1, 0.15) is 11.6 Å². The number of piperidine rings is 1. The Balaban J connectivity index is 1.45. The summed E-state index contributed by atoms with van der Waals surface area (Å²) < 4.78 is 54.6. The molecule has 0 N–H and O–H groups in total. The number of likely N-dealkylation sites (tertiary alicyclic amines) is 1. The third kappa shape index (κ3) is 3.76. The zero-order valence-corrected chi connectivity index (χ0v) is 17.8. The molecular weight excluding hydrogens is 422 g/mol. The van der Waals surface area contributed by atoms with Crippen molar-refractivity contribution in [3.05, 3.63) is 65.7 Å². The summed E-state index contributed by atoms with van der Waals surface area (Å²) in [5, 5.41) is 0. The molecule has 3 aliphatic rings. The van der Waals surface area contributed by atoms with E-state index >= 15 is 0 Å². The summed E-state index contributed by atoms with van der Waals surface area (Å²) in [6.45, 7) is 1.12. The van der Waals surface area contributed by atoms with E-state index in [1.807, 2.05) is 4.90 Å². The van der Waals surface area contributed by atoms with Crippen molar-refractivity contribution in [1.29, 1.82) is 0 Å². The summed E-state index contributed by atoms with van der Waals surface area (Å²) in [5.74, 6) is -0.688. The van der Waals surface area contributed by atoms with Crippen LogP contribution in [0.3, 0.4) is 0 Å². The molecule has 31 heavy (non-hydrogen) atoms. The first-order chi connectivity index (χ1) is 14.8. The molecule has 3 fully saturated rings. The maximum Gasteiger partial charge on any atom is 0.243 e. The predicted molar refractivity (Wildman–Crippen MR) is 111 cm³/mol. The highest BCUT2D eigenvalue weighted by molar-refractivity contribution is 7.89. The van der Waals surface area contributed by atoms with Gasteiger partial charge in [-0.05, 0) is 61.2 Å². The normalized spacial score (nSPS) is 26.6. The van der Waals surface area contributed by atoms with E-state index < -0.39 is 15.8 Å². The zero-order chi connectivity index (χ0) is 21.8. The van der Waals surface area contributed by atoms with E-state index in [-0.39, 0.29) is 47.0 Å². The van der Waals surface area contributed by atoms with E-state index in [9.17, 15) is 22.0 Å². The van der Waals surface area contributed by atoms with Gasteiger partial charge < -0.3 is 4.90 Å². The summed E-state index contributed by atoms with van der Waals surface area (Å²) in [6, 6.07) is 11.1. The summed E-state index contributed by atoms with van der Waals surface area (Å²) in [6.07, 6.45) is 2.39. The summed E-state index contributed by atoms with van der Waals surface area (Å²) >= 11 is 0. The molecule has 3 atom stereocenters. The van der Waals surface area contributed by atoms with E-state index in [1.54, 1.807) is 12.1 Å². The molecule has 2 saturated heterocycles. The molecule has 0 aromatic heterocycles. The molecule has 2 aromatic rings. The topological polar surface area (TPSA) is 57.7 Å². The standard InChI is InChI=1S/C23H24F2N2O3S/c24-17-5-3-15(4-6-17)20-14-27(23(28)16-1-2-16)22-11-12-26(13-21(20)22)31(29,30)19-9-7-18(25)8-10-19/h3-10,16,20-22H,1-2,11-14H2/t20-,21-,22-/m1/s1. The van der Waals surface area contributed by atoms with Crippen LogP contribution in [0.15, 0.2) is 53.4 Å². The van der Waals surface area contributed by atoms with Crippen LogP contribution >= 0.6 is 0 Å². The van der Waals surface area contributed by atoms with E-state index in [1.165, 1.54) is 28.6 Å². The van der Waals surface area contributed by atoms with Crippen LogP contribution in [-0.2, 0) is 14.8 Å². The average molecular weight is 447 g/mol. The lowest BCUT2D eigenvalue weighted by molar-refractivity contribution is -0.134. The van der Waals surface area contributed by atoms with Gasteiger partial charge in [0.2, 0.25) is 15.9 Å². The van der Waals surface area contributed by atoms with Crippen LogP contribution in [0, 0.1) is 23.5 Å². The van der Waals surface area contributed by atoms with Crippen molar-refractivity contribution in [2.24, 2.45) is 11.8 Å². The van der Waals surface area contributed by atoms with Gasteiger partial charge >= 0.3 is 0 Å². The Morgan fingerprint density at radius 1 is 0.871 bits per heavy atom.